The minimum absolute atomic E-state index is 0.144. The second-order valence-corrected chi connectivity index (χ2v) is 11.1. The Hall–Kier alpha value is -5.09. The van der Waals surface area contributed by atoms with E-state index in [1.165, 1.54) is 7.11 Å². The van der Waals surface area contributed by atoms with Crippen molar-refractivity contribution in [3.8, 4) is 11.5 Å². The van der Waals surface area contributed by atoms with Crippen molar-refractivity contribution in [3.63, 3.8) is 0 Å². The molecule has 4 amide bonds. The van der Waals surface area contributed by atoms with E-state index in [0.717, 1.165) is 10.5 Å². The van der Waals surface area contributed by atoms with Gasteiger partial charge in [0, 0.05) is 18.2 Å². The lowest BCUT2D eigenvalue weighted by molar-refractivity contribution is -0.147. The van der Waals surface area contributed by atoms with E-state index < -0.39 is 47.2 Å². The van der Waals surface area contributed by atoms with Crippen LogP contribution in [-0.4, -0.2) is 68.2 Å². The Kier molecular flexibility index (Phi) is 6.47. The van der Waals surface area contributed by atoms with Crippen LogP contribution >= 0.6 is 0 Å². The van der Waals surface area contributed by atoms with Crippen LogP contribution in [0.4, 0.5) is 21.0 Å². The number of ether oxygens (including phenoxy) is 4. The van der Waals surface area contributed by atoms with Crippen LogP contribution in [0.15, 0.2) is 97.1 Å². The predicted octanol–water partition coefficient (Wildman–Crippen LogP) is 5.11. The van der Waals surface area contributed by atoms with E-state index in [-0.39, 0.29) is 6.54 Å². The summed E-state index contributed by atoms with van der Waals surface area (Å²) in [6.07, 6.45) is 6.95. The number of imide groups is 1. The lowest BCUT2D eigenvalue weighted by atomic mass is 9.71. The Balaban J connectivity index is 1.48. The van der Waals surface area contributed by atoms with Crippen molar-refractivity contribution >= 4 is 35.5 Å². The molecule has 3 fully saturated rings. The molecule has 4 aliphatic rings. The quantitative estimate of drug-likeness (QED) is 0.278. The van der Waals surface area contributed by atoms with Gasteiger partial charge in [0.1, 0.15) is 17.1 Å². The number of nitrogens with zero attached hydrogens (tertiary/aromatic N) is 3. The van der Waals surface area contributed by atoms with E-state index in [1.54, 1.807) is 72.6 Å². The summed E-state index contributed by atoms with van der Waals surface area (Å²) in [5.41, 5.74) is -0.956. The lowest BCUT2D eigenvalue weighted by Gasteiger charge is -2.55. The number of hydrogen-bond acceptors (Lipinski definition) is 7. The summed E-state index contributed by atoms with van der Waals surface area (Å²) in [7, 11) is 4.47. The molecular weight excluding hydrogens is 562 g/mol. The Morgan fingerprint density at radius 2 is 1.50 bits per heavy atom. The first kappa shape index (κ1) is 27.7. The summed E-state index contributed by atoms with van der Waals surface area (Å²) in [4.78, 5) is 47.1. The van der Waals surface area contributed by atoms with Gasteiger partial charge in [0.25, 0.3) is 0 Å². The van der Waals surface area contributed by atoms with E-state index in [0.29, 0.717) is 22.9 Å². The molecule has 0 aliphatic carbocycles. The van der Waals surface area contributed by atoms with Gasteiger partial charge in [0.15, 0.2) is 5.66 Å². The van der Waals surface area contributed by atoms with Crippen LogP contribution < -0.4 is 19.3 Å². The predicted molar refractivity (Wildman–Crippen MR) is 162 cm³/mol. The highest BCUT2D eigenvalue weighted by molar-refractivity contribution is 6.22. The highest BCUT2D eigenvalue weighted by atomic mass is 16.5. The fourth-order valence-corrected chi connectivity index (χ4v) is 7.18. The number of carbonyl (C=O) groups excluding carboxylic acids is 3. The number of methoxy groups -OCH3 is 3. The Morgan fingerprint density at radius 3 is 2.11 bits per heavy atom. The minimum atomic E-state index is -1.48. The van der Waals surface area contributed by atoms with Crippen LogP contribution in [0.1, 0.15) is 5.56 Å². The fraction of sp³-hybridized carbons (Fsp3) is 0.265. The van der Waals surface area contributed by atoms with Gasteiger partial charge in [-0.2, -0.15) is 0 Å². The molecule has 0 unspecified atom stereocenters. The number of fused-ring (bicyclic) bond motifs is 2. The maximum absolute atomic E-state index is 14.9. The largest absolute Gasteiger partial charge is 0.497 e. The number of carbonyl (C=O) groups is 3. The highest BCUT2D eigenvalue weighted by Gasteiger charge is 2.78. The lowest BCUT2D eigenvalue weighted by Crippen LogP contribution is -2.77. The number of rotatable bonds is 7. The maximum atomic E-state index is 14.9. The maximum Gasteiger partial charge on any atom is 0.339 e. The zero-order valence-electron chi connectivity index (χ0n) is 24.5. The van der Waals surface area contributed by atoms with Gasteiger partial charge < -0.3 is 18.9 Å². The molecule has 224 valence electrons. The summed E-state index contributed by atoms with van der Waals surface area (Å²) in [6.45, 7) is 0.144. The average Bonchev–Trinajstić information content (AvgIpc) is 3.73. The highest BCUT2D eigenvalue weighted by Crippen LogP contribution is 2.62. The van der Waals surface area contributed by atoms with Crippen LogP contribution in [0.5, 0.6) is 11.5 Å². The van der Waals surface area contributed by atoms with E-state index in [2.05, 4.69) is 0 Å². The molecule has 5 atom stereocenters. The van der Waals surface area contributed by atoms with E-state index >= 15 is 0 Å². The van der Waals surface area contributed by atoms with E-state index in [9.17, 15) is 14.4 Å². The second-order valence-electron chi connectivity index (χ2n) is 11.1. The van der Waals surface area contributed by atoms with E-state index in [4.69, 9.17) is 18.9 Å². The van der Waals surface area contributed by atoms with Crippen LogP contribution in [-0.2, 0) is 14.3 Å². The molecule has 0 saturated carbocycles. The first-order chi connectivity index (χ1) is 21.4. The van der Waals surface area contributed by atoms with Crippen molar-refractivity contribution < 1.29 is 33.3 Å². The average molecular weight is 594 g/mol. The molecule has 0 aromatic heterocycles. The van der Waals surface area contributed by atoms with Crippen molar-refractivity contribution in [1.29, 1.82) is 0 Å². The SMILES string of the molecule is COC(=O)[C@@H]1[C@H]2CN3C(=O)N(c4ccc(OC)cc4)C(=O)N(c4ccc(OC)cc4)[C@@]3(/C=C/c3ccccc3)[C@]23C=C[C@H]1O3. The molecule has 4 aliphatic heterocycles. The Bertz CT molecular complexity index is 1670. The van der Waals surface area contributed by atoms with Gasteiger partial charge in [0.05, 0.1) is 39.0 Å². The molecular formula is C34H31N3O7. The molecule has 0 N–H and O–H groups in total. The normalized spacial score (nSPS) is 28.4. The van der Waals surface area contributed by atoms with Gasteiger partial charge in [-0.25, -0.2) is 14.5 Å². The van der Waals surface area contributed by atoms with Gasteiger partial charge in [-0.3, -0.25) is 14.6 Å². The molecule has 3 aromatic rings. The number of anilines is 2. The summed E-state index contributed by atoms with van der Waals surface area (Å²) in [5.74, 6) is -0.372. The standard InChI is InChI=1S/C34H31N3O7/c1-41-25-13-9-23(10-14-25)36-31(39)35-21-27-29(30(38)43-3)28-18-19-33(27,44-28)34(35,20-17-22-7-5-4-6-8-22)37(32(36)40)24-11-15-26(42-2)16-12-24/h4-20,27-29H,21H2,1-3H3/b20-17+/t27-,28-,29-,33+,34+/m1/s1. The van der Waals surface area contributed by atoms with E-state index in [1.807, 2.05) is 54.6 Å². The molecule has 44 heavy (non-hydrogen) atoms. The van der Waals surface area contributed by atoms with Crippen LogP contribution in [0.3, 0.4) is 0 Å². The van der Waals surface area contributed by atoms with Crippen molar-refractivity contribution in [3.05, 3.63) is 103 Å². The monoisotopic (exact) mass is 593 g/mol. The first-order valence-corrected chi connectivity index (χ1v) is 14.3. The molecule has 4 heterocycles. The number of hydrogen-bond donors (Lipinski definition) is 0. The zero-order valence-corrected chi connectivity index (χ0v) is 24.5. The fourth-order valence-electron chi connectivity index (χ4n) is 7.18. The van der Waals surface area contributed by atoms with Crippen molar-refractivity contribution in [2.24, 2.45) is 11.8 Å². The third-order valence-corrected chi connectivity index (χ3v) is 9.16. The number of benzene rings is 3. The van der Waals surface area contributed by atoms with Crippen molar-refractivity contribution in [2.75, 3.05) is 37.7 Å². The number of urea groups is 2. The van der Waals surface area contributed by atoms with Crippen LogP contribution in [0, 0.1) is 11.8 Å². The molecule has 2 bridgehead atoms. The molecule has 3 aromatic carbocycles. The smallest absolute Gasteiger partial charge is 0.339 e. The minimum Gasteiger partial charge on any atom is -0.497 e. The van der Waals surface area contributed by atoms with Crippen molar-refractivity contribution in [2.45, 2.75) is 17.4 Å². The number of esters is 1. The third kappa shape index (κ3) is 3.73. The van der Waals surface area contributed by atoms with Crippen molar-refractivity contribution in [1.82, 2.24) is 4.90 Å². The summed E-state index contributed by atoms with van der Waals surface area (Å²) in [5, 5.41) is 0. The van der Waals surface area contributed by atoms with Gasteiger partial charge in [-0.15, -0.1) is 0 Å². The topological polar surface area (TPSA) is 97.9 Å². The van der Waals surface area contributed by atoms with Crippen LogP contribution in [0.25, 0.3) is 6.08 Å². The molecule has 0 radical (unpaired) electrons. The Labute approximate surface area is 254 Å². The molecule has 7 rings (SSSR count). The van der Waals surface area contributed by atoms with Gasteiger partial charge >= 0.3 is 18.0 Å². The molecule has 10 nitrogen and oxygen atoms in total. The third-order valence-electron chi connectivity index (χ3n) is 9.16. The van der Waals surface area contributed by atoms with Gasteiger partial charge in [-0.1, -0.05) is 42.5 Å². The summed E-state index contributed by atoms with van der Waals surface area (Å²) < 4.78 is 22.7. The number of amides is 4. The summed E-state index contributed by atoms with van der Waals surface area (Å²) >= 11 is 0. The summed E-state index contributed by atoms with van der Waals surface area (Å²) in [6, 6.07) is 22.3. The molecule has 3 saturated heterocycles. The van der Waals surface area contributed by atoms with Crippen LogP contribution in [0.2, 0.25) is 0 Å². The second kappa shape index (κ2) is 10.3. The van der Waals surface area contributed by atoms with Gasteiger partial charge in [0.2, 0.25) is 0 Å². The van der Waals surface area contributed by atoms with Gasteiger partial charge in [-0.05, 0) is 66.2 Å². The molecule has 1 spiro atoms. The zero-order chi connectivity index (χ0) is 30.6. The first-order valence-electron chi connectivity index (χ1n) is 14.3. The molecule has 10 heteroatoms. The Morgan fingerprint density at radius 1 is 0.864 bits per heavy atom.